The van der Waals surface area contributed by atoms with Crippen molar-refractivity contribution < 1.29 is 14.3 Å². The number of carbonyl (C=O) groups is 1. The summed E-state index contributed by atoms with van der Waals surface area (Å²) in [7, 11) is 1.57. The molecule has 1 fully saturated rings. The molecule has 3 rings (SSSR count). The molecule has 0 aliphatic carbocycles. The Morgan fingerprint density at radius 3 is 2.31 bits per heavy atom. The molecule has 0 bridgehead atoms. The van der Waals surface area contributed by atoms with Gasteiger partial charge in [-0.2, -0.15) is 0 Å². The Morgan fingerprint density at radius 2 is 1.62 bits per heavy atom. The summed E-state index contributed by atoms with van der Waals surface area (Å²) >= 11 is 0. The highest BCUT2D eigenvalue weighted by Gasteiger charge is 2.23. The molecule has 4 heteroatoms. The second-order valence-corrected chi connectivity index (χ2v) is 6.72. The van der Waals surface area contributed by atoms with Gasteiger partial charge in [-0.15, -0.1) is 0 Å². The molecule has 2 aromatic carbocycles. The number of esters is 1. The van der Waals surface area contributed by atoms with Crippen LogP contribution in [-0.4, -0.2) is 37.6 Å². The Morgan fingerprint density at radius 1 is 0.962 bits per heavy atom. The van der Waals surface area contributed by atoms with Gasteiger partial charge >= 0.3 is 5.97 Å². The zero-order chi connectivity index (χ0) is 18.2. The van der Waals surface area contributed by atoms with E-state index >= 15 is 0 Å². The summed E-state index contributed by atoms with van der Waals surface area (Å²) in [5, 5.41) is 0. The Bertz CT molecular complexity index is 694. The van der Waals surface area contributed by atoms with Gasteiger partial charge in [0.2, 0.25) is 0 Å². The molecule has 0 radical (unpaired) electrons. The van der Waals surface area contributed by atoms with Gasteiger partial charge in [-0.3, -0.25) is 4.90 Å². The van der Waals surface area contributed by atoms with Crippen molar-refractivity contribution in [3.63, 3.8) is 0 Å². The van der Waals surface area contributed by atoms with Crippen molar-refractivity contribution in [1.82, 2.24) is 4.90 Å². The van der Waals surface area contributed by atoms with Crippen LogP contribution >= 0.6 is 0 Å². The molecular weight excluding hydrogens is 326 g/mol. The maximum atomic E-state index is 12.8. The quantitative estimate of drug-likeness (QED) is 0.718. The minimum atomic E-state index is -0.342. The third-order valence-electron chi connectivity index (χ3n) is 4.87. The molecule has 1 aliphatic heterocycles. The van der Waals surface area contributed by atoms with Crippen LogP contribution in [0, 0.1) is 0 Å². The van der Waals surface area contributed by atoms with Crippen LogP contribution in [0.2, 0.25) is 0 Å². The number of ether oxygens (including phenoxy) is 2. The highest BCUT2D eigenvalue weighted by molar-refractivity contribution is 5.92. The first-order chi connectivity index (χ1) is 12.8. The van der Waals surface area contributed by atoms with Crippen molar-refractivity contribution in [2.75, 3.05) is 26.7 Å². The molecule has 138 valence electrons. The van der Waals surface area contributed by atoms with Crippen LogP contribution in [0.1, 0.15) is 47.7 Å². The van der Waals surface area contributed by atoms with E-state index in [9.17, 15) is 4.79 Å². The average Bonchev–Trinajstić information content (AvgIpc) is 2.96. The number of rotatable bonds is 6. The Balaban J connectivity index is 1.78. The number of likely N-dealkylation sites (tertiary alicyclic amines) is 1. The van der Waals surface area contributed by atoms with Crippen LogP contribution < -0.4 is 4.74 Å². The van der Waals surface area contributed by atoms with Crippen molar-refractivity contribution in [2.24, 2.45) is 0 Å². The second kappa shape index (κ2) is 9.39. The smallest absolute Gasteiger partial charge is 0.342 e. The first kappa shape index (κ1) is 18.5. The van der Waals surface area contributed by atoms with Gasteiger partial charge in [-0.1, -0.05) is 55.3 Å². The van der Waals surface area contributed by atoms with E-state index in [-0.39, 0.29) is 12.1 Å². The standard InChI is InChI=1S/C22H27NO3/c1-25-20-14-8-7-13-19(20)22(24)26-21(18-11-5-4-6-12-18)17-23-15-9-2-3-10-16-23/h4-8,11-14,21H,2-3,9-10,15-17H2,1H3. The van der Waals surface area contributed by atoms with E-state index in [0.29, 0.717) is 11.3 Å². The van der Waals surface area contributed by atoms with Crippen LogP contribution in [0.3, 0.4) is 0 Å². The first-order valence-corrected chi connectivity index (χ1v) is 9.39. The molecular formula is C22H27NO3. The molecule has 0 N–H and O–H groups in total. The summed E-state index contributed by atoms with van der Waals surface area (Å²) in [4.78, 5) is 15.2. The fraction of sp³-hybridized carbons (Fsp3) is 0.409. The summed E-state index contributed by atoms with van der Waals surface area (Å²) in [6, 6.07) is 17.2. The van der Waals surface area contributed by atoms with Crippen molar-refractivity contribution >= 4 is 5.97 Å². The largest absolute Gasteiger partial charge is 0.496 e. The van der Waals surface area contributed by atoms with Gasteiger partial charge in [0.15, 0.2) is 0 Å². The first-order valence-electron chi connectivity index (χ1n) is 9.39. The lowest BCUT2D eigenvalue weighted by Crippen LogP contribution is -2.31. The van der Waals surface area contributed by atoms with Gasteiger partial charge in [0.1, 0.15) is 17.4 Å². The van der Waals surface area contributed by atoms with Crippen LogP contribution in [0.5, 0.6) is 5.75 Å². The predicted octanol–water partition coefficient (Wildman–Crippen LogP) is 4.47. The summed E-state index contributed by atoms with van der Waals surface area (Å²) in [5.74, 6) is 0.199. The molecule has 2 aromatic rings. The highest BCUT2D eigenvalue weighted by Crippen LogP contribution is 2.25. The lowest BCUT2D eigenvalue weighted by molar-refractivity contribution is 0.0195. The van der Waals surface area contributed by atoms with Crippen molar-refractivity contribution in [3.05, 3.63) is 65.7 Å². The lowest BCUT2D eigenvalue weighted by atomic mass is 10.1. The molecule has 0 saturated carbocycles. The van der Waals surface area contributed by atoms with Crippen molar-refractivity contribution in [1.29, 1.82) is 0 Å². The maximum Gasteiger partial charge on any atom is 0.342 e. The SMILES string of the molecule is COc1ccccc1C(=O)OC(CN1CCCCCC1)c1ccccc1. The topological polar surface area (TPSA) is 38.8 Å². The molecule has 4 nitrogen and oxygen atoms in total. The highest BCUT2D eigenvalue weighted by atomic mass is 16.5. The number of carbonyl (C=O) groups excluding carboxylic acids is 1. The summed E-state index contributed by atoms with van der Waals surface area (Å²) < 4.78 is 11.3. The van der Waals surface area contributed by atoms with E-state index in [2.05, 4.69) is 4.90 Å². The van der Waals surface area contributed by atoms with Crippen molar-refractivity contribution in [2.45, 2.75) is 31.8 Å². The molecule has 1 unspecified atom stereocenters. The van der Waals surface area contributed by atoms with Gasteiger partial charge in [0.25, 0.3) is 0 Å². The number of hydrogen-bond donors (Lipinski definition) is 0. The van der Waals surface area contributed by atoms with Gasteiger partial charge < -0.3 is 9.47 Å². The van der Waals surface area contributed by atoms with E-state index in [1.807, 2.05) is 42.5 Å². The molecule has 1 aliphatic rings. The minimum absolute atomic E-state index is 0.285. The summed E-state index contributed by atoms with van der Waals surface area (Å²) in [6.45, 7) is 2.86. The van der Waals surface area contributed by atoms with Gasteiger partial charge in [0, 0.05) is 6.54 Å². The monoisotopic (exact) mass is 353 g/mol. The third-order valence-corrected chi connectivity index (χ3v) is 4.87. The van der Waals surface area contributed by atoms with E-state index in [4.69, 9.17) is 9.47 Å². The molecule has 1 saturated heterocycles. The summed E-state index contributed by atoms with van der Waals surface area (Å²) in [6.07, 6.45) is 4.71. The second-order valence-electron chi connectivity index (χ2n) is 6.72. The Hall–Kier alpha value is -2.33. The molecule has 0 amide bonds. The molecule has 26 heavy (non-hydrogen) atoms. The summed E-state index contributed by atoms with van der Waals surface area (Å²) in [5.41, 5.74) is 1.49. The van der Waals surface area contributed by atoms with Crippen LogP contribution in [0.4, 0.5) is 0 Å². The number of para-hydroxylation sites is 1. The van der Waals surface area contributed by atoms with Gasteiger partial charge in [-0.25, -0.2) is 4.79 Å². The minimum Gasteiger partial charge on any atom is -0.496 e. The average molecular weight is 353 g/mol. The fourth-order valence-corrected chi connectivity index (χ4v) is 3.44. The van der Waals surface area contributed by atoms with Crippen LogP contribution in [0.25, 0.3) is 0 Å². The van der Waals surface area contributed by atoms with Gasteiger partial charge in [0.05, 0.1) is 7.11 Å². The van der Waals surface area contributed by atoms with E-state index in [1.165, 1.54) is 25.7 Å². The van der Waals surface area contributed by atoms with E-state index in [1.54, 1.807) is 19.2 Å². The number of nitrogens with zero attached hydrogens (tertiary/aromatic N) is 1. The Kier molecular flexibility index (Phi) is 6.67. The molecule has 0 spiro atoms. The number of hydrogen-bond acceptors (Lipinski definition) is 4. The third kappa shape index (κ3) is 4.85. The van der Waals surface area contributed by atoms with Crippen LogP contribution in [-0.2, 0) is 4.74 Å². The predicted molar refractivity (Wildman–Crippen MR) is 103 cm³/mol. The zero-order valence-corrected chi connectivity index (χ0v) is 15.4. The normalized spacial score (nSPS) is 16.5. The molecule has 1 heterocycles. The van der Waals surface area contributed by atoms with Crippen molar-refractivity contribution in [3.8, 4) is 5.75 Å². The van der Waals surface area contributed by atoms with E-state index in [0.717, 1.165) is 25.2 Å². The van der Waals surface area contributed by atoms with Crippen LogP contribution in [0.15, 0.2) is 54.6 Å². The molecule has 1 atom stereocenters. The van der Waals surface area contributed by atoms with Gasteiger partial charge in [-0.05, 0) is 43.6 Å². The number of benzene rings is 2. The number of methoxy groups -OCH3 is 1. The molecule has 0 aromatic heterocycles. The fourth-order valence-electron chi connectivity index (χ4n) is 3.44. The maximum absolute atomic E-state index is 12.8. The zero-order valence-electron chi connectivity index (χ0n) is 15.4. The Labute approximate surface area is 155 Å². The van der Waals surface area contributed by atoms with E-state index < -0.39 is 0 Å². The lowest BCUT2D eigenvalue weighted by Gasteiger charge is -2.26.